The van der Waals surface area contributed by atoms with E-state index in [2.05, 4.69) is 0 Å². The smallest absolute Gasteiger partial charge is 0.343 e. The summed E-state index contributed by atoms with van der Waals surface area (Å²) in [5.41, 5.74) is 0.651. The summed E-state index contributed by atoms with van der Waals surface area (Å²) < 4.78 is 5.13. The molecule has 0 aliphatic carbocycles. The number of non-ortho nitro benzene ring substituents is 1. The number of phenolic OH excluding ortho intramolecular Hbond substituents is 2. The number of benzene rings is 3. The summed E-state index contributed by atoms with van der Waals surface area (Å²) in [6.45, 7) is 0. The van der Waals surface area contributed by atoms with Crippen LogP contribution < -0.4 is 4.74 Å². The van der Waals surface area contributed by atoms with Gasteiger partial charge in [-0.15, -0.1) is 0 Å². The van der Waals surface area contributed by atoms with Crippen molar-refractivity contribution in [1.29, 1.82) is 0 Å². The molecule has 0 bridgehead atoms. The summed E-state index contributed by atoms with van der Waals surface area (Å²) in [6, 6.07) is 16.1. The summed E-state index contributed by atoms with van der Waals surface area (Å²) in [4.78, 5) is 34.7. The molecule has 3 rings (SSSR count). The number of ketones is 1. The van der Waals surface area contributed by atoms with Gasteiger partial charge in [0.1, 0.15) is 22.8 Å². The Balaban J connectivity index is 1.69. The summed E-state index contributed by atoms with van der Waals surface area (Å²) in [5, 5.41) is 31.0. The number of rotatable bonds is 7. The van der Waals surface area contributed by atoms with Crippen LogP contribution in [0, 0.1) is 10.1 Å². The van der Waals surface area contributed by atoms with Crippen molar-refractivity contribution in [3.8, 4) is 17.2 Å². The van der Waals surface area contributed by atoms with Crippen LogP contribution in [0.4, 0.5) is 5.69 Å². The minimum absolute atomic E-state index is 0.0396. The van der Waals surface area contributed by atoms with E-state index in [9.17, 15) is 29.9 Å². The van der Waals surface area contributed by atoms with Gasteiger partial charge >= 0.3 is 5.97 Å². The normalized spacial score (nSPS) is 10.4. The maximum absolute atomic E-state index is 12.5. The Morgan fingerprint density at radius 2 is 1.53 bits per heavy atom. The number of nitrogens with zero attached hydrogens (tertiary/aromatic N) is 1. The van der Waals surface area contributed by atoms with Crippen molar-refractivity contribution in [3.63, 3.8) is 0 Å². The molecule has 3 aromatic rings. The average molecular weight is 407 g/mol. The third-order valence-corrected chi connectivity index (χ3v) is 4.36. The van der Waals surface area contributed by atoms with Gasteiger partial charge in [-0.05, 0) is 24.1 Å². The molecule has 0 atom stereocenters. The molecular formula is C22H17NO7. The number of carbonyl (C=O) groups excluding carboxylic acids is 2. The molecule has 3 aromatic carbocycles. The van der Waals surface area contributed by atoms with Crippen LogP contribution in [0.1, 0.15) is 32.7 Å². The Hall–Kier alpha value is -4.20. The quantitative estimate of drug-likeness (QED) is 0.199. The number of aromatic hydroxyl groups is 2. The number of ether oxygens (including phenoxy) is 1. The third kappa shape index (κ3) is 4.79. The lowest BCUT2D eigenvalue weighted by Crippen LogP contribution is -2.09. The van der Waals surface area contributed by atoms with Crippen LogP contribution in [0.5, 0.6) is 17.2 Å². The summed E-state index contributed by atoms with van der Waals surface area (Å²) in [7, 11) is 0. The van der Waals surface area contributed by atoms with Gasteiger partial charge in [0.25, 0.3) is 5.69 Å². The van der Waals surface area contributed by atoms with Crippen molar-refractivity contribution in [2.75, 3.05) is 0 Å². The van der Waals surface area contributed by atoms with E-state index in [4.69, 9.17) is 4.74 Å². The van der Waals surface area contributed by atoms with E-state index in [1.54, 1.807) is 30.3 Å². The van der Waals surface area contributed by atoms with Crippen molar-refractivity contribution in [3.05, 3.63) is 93.5 Å². The van der Waals surface area contributed by atoms with Gasteiger partial charge in [0, 0.05) is 30.7 Å². The fraction of sp³-hybridized carbons (Fsp3) is 0.0909. The van der Waals surface area contributed by atoms with Crippen LogP contribution in [-0.2, 0) is 6.42 Å². The maximum atomic E-state index is 12.5. The molecule has 0 spiro atoms. The molecule has 8 nitrogen and oxygen atoms in total. The Labute approximate surface area is 171 Å². The van der Waals surface area contributed by atoms with Crippen LogP contribution in [0.2, 0.25) is 0 Å². The van der Waals surface area contributed by atoms with Crippen molar-refractivity contribution >= 4 is 17.4 Å². The number of hydrogen-bond donors (Lipinski definition) is 2. The molecule has 0 heterocycles. The van der Waals surface area contributed by atoms with E-state index in [1.807, 2.05) is 0 Å². The minimum atomic E-state index is -0.674. The number of Topliss-reactive ketones (excluding diaryl/α,β-unsaturated/α-hetero) is 1. The van der Waals surface area contributed by atoms with E-state index in [0.29, 0.717) is 11.1 Å². The molecule has 0 aliphatic rings. The van der Waals surface area contributed by atoms with Crippen molar-refractivity contribution < 1.29 is 29.5 Å². The summed E-state index contributed by atoms with van der Waals surface area (Å²) >= 11 is 0. The maximum Gasteiger partial charge on any atom is 0.343 e. The van der Waals surface area contributed by atoms with Gasteiger partial charge in [0.2, 0.25) is 0 Å². The van der Waals surface area contributed by atoms with Crippen molar-refractivity contribution in [2.24, 2.45) is 0 Å². The molecule has 0 saturated heterocycles. The zero-order valence-corrected chi connectivity index (χ0v) is 15.6. The van der Waals surface area contributed by atoms with Crippen LogP contribution >= 0.6 is 0 Å². The lowest BCUT2D eigenvalue weighted by atomic mass is 10.0. The second-order valence-electron chi connectivity index (χ2n) is 6.44. The third-order valence-electron chi connectivity index (χ3n) is 4.36. The number of phenols is 2. The Bertz CT molecular complexity index is 1070. The van der Waals surface area contributed by atoms with Gasteiger partial charge in [0.15, 0.2) is 5.78 Å². The van der Waals surface area contributed by atoms with E-state index < -0.39 is 28.2 Å². The number of carbonyl (C=O) groups is 2. The zero-order chi connectivity index (χ0) is 21.7. The second kappa shape index (κ2) is 8.87. The van der Waals surface area contributed by atoms with Gasteiger partial charge in [-0.25, -0.2) is 4.79 Å². The second-order valence-corrected chi connectivity index (χ2v) is 6.44. The first-order chi connectivity index (χ1) is 14.3. The van der Waals surface area contributed by atoms with Crippen LogP contribution in [-0.4, -0.2) is 26.9 Å². The van der Waals surface area contributed by atoms with Gasteiger partial charge in [-0.2, -0.15) is 0 Å². The highest BCUT2D eigenvalue weighted by Gasteiger charge is 2.19. The first kappa shape index (κ1) is 20.5. The minimum Gasteiger partial charge on any atom is -0.507 e. The van der Waals surface area contributed by atoms with E-state index >= 15 is 0 Å². The molecule has 0 aliphatic heterocycles. The van der Waals surface area contributed by atoms with Gasteiger partial charge in [-0.1, -0.05) is 30.3 Å². The fourth-order valence-electron chi connectivity index (χ4n) is 2.84. The summed E-state index contributed by atoms with van der Waals surface area (Å²) in [6.07, 6.45) is 0.225. The lowest BCUT2D eigenvalue weighted by molar-refractivity contribution is -0.384. The fourth-order valence-corrected chi connectivity index (χ4v) is 2.84. The molecule has 0 aromatic heterocycles. The zero-order valence-electron chi connectivity index (χ0n) is 15.6. The van der Waals surface area contributed by atoms with Gasteiger partial charge < -0.3 is 14.9 Å². The Morgan fingerprint density at radius 1 is 0.933 bits per heavy atom. The SMILES string of the molecule is O=C(Oc1cc(O)c(C(=O)CCc2ccc([N+](=O)[O-])cc2)c(O)c1)c1ccccc1. The average Bonchev–Trinajstić information content (AvgIpc) is 2.72. The number of nitro benzene ring substituents is 1. The molecule has 30 heavy (non-hydrogen) atoms. The van der Waals surface area contributed by atoms with E-state index in [0.717, 1.165) is 12.1 Å². The Kier molecular flexibility index (Phi) is 6.07. The van der Waals surface area contributed by atoms with Gasteiger partial charge in [0.05, 0.1) is 10.5 Å². The Morgan fingerprint density at radius 3 is 2.10 bits per heavy atom. The number of esters is 1. The molecule has 152 valence electrons. The standard InChI is InChI=1S/C22H17NO7/c24-18(11-8-14-6-9-16(10-7-14)23(28)29)21-19(25)12-17(13-20(21)26)30-22(27)15-4-2-1-3-5-15/h1-7,9-10,12-13,25-26H,8,11H2. The molecule has 0 fully saturated rings. The lowest BCUT2D eigenvalue weighted by Gasteiger charge is -2.10. The van der Waals surface area contributed by atoms with Gasteiger partial charge in [-0.3, -0.25) is 14.9 Å². The highest BCUT2D eigenvalue weighted by atomic mass is 16.6. The first-order valence-corrected chi connectivity index (χ1v) is 8.95. The number of aryl methyl sites for hydroxylation is 1. The van der Waals surface area contributed by atoms with Crippen LogP contribution in [0.15, 0.2) is 66.7 Å². The molecule has 0 unspecified atom stereocenters. The molecular weight excluding hydrogens is 390 g/mol. The van der Waals surface area contributed by atoms with Crippen molar-refractivity contribution in [2.45, 2.75) is 12.8 Å². The van der Waals surface area contributed by atoms with Crippen molar-refractivity contribution in [1.82, 2.24) is 0 Å². The topological polar surface area (TPSA) is 127 Å². The predicted molar refractivity (Wildman–Crippen MR) is 107 cm³/mol. The highest BCUT2D eigenvalue weighted by molar-refractivity contribution is 6.01. The molecule has 2 N–H and O–H groups in total. The molecule has 0 saturated carbocycles. The van der Waals surface area contributed by atoms with E-state index in [1.165, 1.54) is 24.3 Å². The highest BCUT2D eigenvalue weighted by Crippen LogP contribution is 2.34. The summed E-state index contributed by atoms with van der Waals surface area (Å²) in [5.74, 6) is -2.33. The number of nitro groups is 1. The van der Waals surface area contributed by atoms with E-state index in [-0.39, 0.29) is 29.8 Å². The monoisotopic (exact) mass is 407 g/mol. The van der Waals surface area contributed by atoms with Crippen LogP contribution in [0.25, 0.3) is 0 Å². The number of hydrogen-bond acceptors (Lipinski definition) is 7. The largest absolute Gasteiger partial charge is 0.507 e. The first-order valence-electron chi connectivity index (χ1n) is 8.95. The molecule has 8 heteroatoms. The molecule has 0 amide bonds. The predicted octanol–water partition coefficient (Wildman–Crippen LogP) is 4.04. The van der Waals surface area contributed by atoms with Crippen LogP contribution in [0.3, 0.4) is 0 Å². The molecule has 0 radical (unpaired) electrons.